The molecule has 2 amide bonds. The lowest BCUT2D eigenvalue weighted by Gasteiger charge is -2.27. The second-order valence-electron chi connectivity index (χ2n) is 6.99. The fourth-order valence-electron chi connectivity index (χ4n) is 3.06. The molecule has 0 N–H and O–H groups in total. The van der Waals surface area contributed by atoms with Gasteiger partial charge in [0.05, 0.1) is 0 Å². The second-order valence-corrected chi connectivity index (χ2v) is 6.99. The molecule has 1 rings (SSSR count). The largest absolute Gasteiger partial charge is 0.343 e. The van der Waals surface area contributed by atoms with E-state index in [4.69, 9.17) is 0 Å². The SMILES string of the molecule is CCN(CC)C(=O)C(F)(F)/C=C(/CC(F)(F)C(=O)N(CC)CC)c1ccc(C)cc1. The maximum Gasteiger partial charge on any atom is 0.343 e. The Balaban J connectivity index is 3.43. The highest BCUT2D eigenvalue weighted by Gasteiger charge is 2.45. The van der Waals surface area contributed by atoms with Crippen molar-refractivity contribution in [2.24, 2.45) is 0 Å². The van der Waals surface area contributed by atoms with Crippen LogP contribution in [0.3, 0.4) is 0 Å². The molecule has 0 heterocycles. The number of amides is 2. The van der Waals surface area contributed by atoms with Gasteiger partial charge in [-0.05, 0) is 51.8 Å². The van der Waals surface area contributed by atoms with Crippen LogP contribution < -0.4 is 0 Å². The van der Waals surface area contributed by atoms with Gasteiger partial charge in [-0.15, -0.1) is 0 Å². The van der Waals surface area contributed by atoms with Gasteiger partial charge in [0.2, 0.25) is 0 Å². The molecule has 0 fully saturated rings. The van der Waals surface area contributed by atoms with Crippen molar-refractivity contribution in [3.05, 3.63) is 41.5 Å². The Morgan fingerprint density at radius 1 is 0.833 bits per heavy atom. The number of nitrogens with zero attached hydrogens (tertiary/aromatic N) is 2. The molecular formula is C22H30F4N2O2. The van der Waals surface area contributed by atoms with E-state index in [1.807, 2.05) is 0 Å². The summed E-state index contributed by atoms with van der Waals surface area (Å²) in [7, 11) is 0. The molecule has 0 atom stereocenters. The molecular weight excluding hydrogens is 400 g/mol. The Bertz CT molecular complexity index is 753. The van der Waals surface area contributed by atoms with Crippen molar-refractivity contribution in [3.8, 4) is 0 Å². The van der Waals surface area contributed by atoms with Crippen molar-refractivity contribution in [3.63, 3.8) is 0 Å². The smallest absolute Gasteiger partial charge is 0.338 e. The van der Waals surface area contributed by atoms with Gasteiger partial charge in [0.15, 0.2) is 0 Å². The average Bonchev–Trinajstić information content (AvgIpc) is 2.69. The summed E-state index contributed by atoms with van der Waals surface area (Å²) in [5.74, 6) is -10.8. The number of aryl methyl sites for hydroxylation is 1. The van der Waals surface area contributed by atoms with E-state index in [0.717, 1.165) is 15.4 Å². The zero-order chi connectivity index (χ0) is 23.1. The number of hydrogen-bond acceptors (Lipinski definition) is 2. The summed E-state index contributed by atoms with van der Waals surface area (Å²) in [5, 5.41) is 0. The minimum atomic E-state index is -3.99. The minimum absolute atomic E-state index is 0.0647. The first kappa shape index (κ1) is 25.7. The summed E-state index contributed by atoms with van der Waals surface area (Å²) in [4.78, 5) is 26.3. The molecule has 30 heavy (non-hydrogen) atoms. The van der Waals surface area contributed by atoms with Gasteiger partial charge >= 0.3 is 11.8 Å². The van der Waals surface area contributed by atoms with Gasteiger partial charge in [-0.3, -0.25) is 9.59 Å². The van der Waals surface area contributed by atoms with Crippen molar-refractivity contribution >= 4 is 17.4 Å². The van der Waals surface area contributed by atoms with Crippen LogP contribution in [0.2, 0.25) is 0 Å². The minimum Gasteiger partial charge on any atom is -0.338 e. The topological polar surface area (TPSA) is 40.6 Å². The van der Waals surface area contributed by atoms with Gasteiger partial charge in [0.1, 0.15) is 0 Å². The maximum atomic E-state index is 14.8. The first-order valence-corrected chi connectivity index (χ1v) is 10.1. The summed E-state index contributed by atoms with van der Waals surface area (Å²) in [6, 6.07) is 6.05. The van der Waals surface area contributed by atoms with Gasteiger partial charge < -0.3 is 9.80 Å². The molecule has 1 aromatic rings. The number of rotatable bonds is 10. The van der Waals surface area contributed by atoms with Crippen LogP contribution in [0, 0.1) is 6.92 Å². The third-order valence-corrected chi connectivity index (χ3v) is 4.89. The molecule has 168 valence electrons. The molecule has 0 saturated carbocycles. The Hall–Kier alpha value is -2.38. The lowest BCUT2D eigenvalue weighted by atomic mass is 9.95. The van der Waals surface area contributed by atoms with E-state index in [1.165, 1.54) is 12.1 Å². The predicted molar refractivity (Wildman–Crippen MR) is 110 cm³/mol. The van der Waals surface area contributed by atoms with Crippen molar-refractivity contribution in [1.82, 2.24) is 9.80 Å². The zero-order valence-corrected chi connectivity index (χ0v) is 18.1. The Kier molecular flexibility index (Phi) is 9.06. The van der Waals surface area contributed by atoms with Crippen LogP contribution in [-0.4, -0.2) is 59.6 Å². The Labute approximate surface area is 175 Å². The lowest BCUT2D eigenvalue weighted by Crippen LogP contribution is -2.44. The van der Waals surface area contributed by atoms with E-state index in [-0.39, 0.29) is 37.8 Å². The van der Waals surface area contributed by atoms with E-state index < -0.39 is 35.7 Å². The van der Waals surface area contributed by atoms with E-state index in [2.05, 4.69) is 0 Å². The van der Waals surface area contributed by atoms with Crippen LogP contribution in [0.15, 0.2) is 30.3 Å². The van der Waals surface area contributed by atoms with Crippen molar-refractivity contribution in [1.29, 1.82) is 0 Å². The van der Waals surface area contributed by atoms with Gasteiger partial charge in [0.25, 0.3) is 11.8 Å². The lowest BCUT2D eigenvalue weighted by molar-refractivity contribution is -0.156. The van der Waals surface area contributed by atoms with E-state index in [9.17, 15) is 27.2 Å². The van der Waals surface area contributed by atoms with E-state index >= 15 is 0 Å². The Morgan fingerprint density at radius 3 is 1.70 bits per heavy atom. The third kappa shape index (κ3) is 6.31. The van der Waals surface area contributed by atoms with Crippen LogP contribution in [0.5, 0.6) is 0 Å². The van der Waals surface area contributed by atoms with Crippen molar-refractivity contribution < 1.29 is 27.2 Å². The average molecular weight is 430 g/mol. The fourth-order valence-corrected chi connectivity index (χ4v) is 3.06. The number of alkyl halides is 4. The number of halogens is 4. The monoisotopic (exact) mass is 430 g/mol. The first-order chi connectivity index (χ1) is 13.9. The Morgan fingerprint density at radius 2 is 1.27 bits per heavy atom. The van der Waals surface area contributed by atoms with Crippen LogP contribution in [-0.2, 0) is 9.59 Å². The number of carbonyl (C=O) groups excluding carboxylic acids is 2. The summed E-state index contributed by atoms with van der Waals surface area (Å²) in [5.41, 5.74) is 0.473. The van der Waals surface area contributed by atoms with Gasteiger partial charge in [-0.2, -0.15) is 17.6 Å². The molecule has 0 bridgehead atoms. The van der Waals surface area contributed by atoms with Crippen LogP contribution >= 0.6 is 0 Å². The molecule has 8 heteroatoms. The highest BCUT2D eigenvalue weighted by Crippen LogP contribution is 2.34. The van der Waals surface area contributed by atoms with Crippen LogP contribution in [0.25, 0.3) is 5.57 Å². The molecule has 4 nitrogen and oxygen atoms in total. The van der Waals surface area contributed by atoms with Gasteiger partial charge in [-0.1, -0.05) is 29.8 Å². The first-order valence-electron chi connectivity index (χ1n) is 10.1. The van der Waals surface area contributed by atoms with E-state index in [1.54, 1.807) is 46.8 Å². The summed E-state index contributed by atoms with van der Waals surface area (Å²) < 4.78 is 58.9. The second kappa shape index (κ2) is 10.6. The standard InChI is InChI=1S/C22H30F4N2O2/c1-6-27(7-2)19(29)21(23,24)14-18(17-12-10-16(5)11-13-17)15-22(25,26)20(30)28(8-3)9-4/h10-14H,6-9,15H2,1-5H3/b18-14-. The van der Waals surface area contributed by atoms with Crippen LogP contribution in [0.1, 0.15) is 45.2 Å². The predicted octanol–water partition coefficient (Wildman–Crippen LogP) is 4.78. The molecule has 0 unspecified atom stereocenters. The summed E-state index contributed by atoms with van der Waals surface area (Å²) >= 11 is 0. The van der Waals surface area contributed by atoms with Gasteiger partial charge in [-0.25, -0.2) is 0 Å². The molecule has 0 saturated heterocycles. The highest BCUT2D eigenvalue weighted by atomic mass is 19.3. The zero-order valence-electron chi connectivity index (χ0n) is 18.1. The third-order valence-electron chi connectivity index (χ3n) is 4.89. The normalized spacial score (nSPS) is 12.6. The summed E-state index contributed by atoms with van der Waals surface area (Å²) in [6.45, 7) is 8.28. The number of benzene rings is 1. The number of hydrogen-bond donors (Lipinski definition) is 0. The number of allylic oxidation sites excluding steroid dienone is 1. The van der Waals surface area contributed by atoms with Crippen molar-refractivity contribution in [2.75, 3.05) is 26.2 Å². The van der Waals surface area contributed by atoms with Crippen LogP contribution in [0.4, 0.5) is 17.6 Å². The maximum absolute atomic E-state index is 14.8. The van der Waals surface area contributed by atoms with Crippen molar-refractivity contribution in [2.45, 2.75) is 52.9 Å². The molecule has 0 aliphatic carbocycles. The molecule has 0 radical (unpaired) electrons. The molecule has 1 aromatic carbocycles. The molecule has 0 aromatic heterocycles. The van der Waals surface area contributed by atoms with E-state index in [0.29, 0.717) is 0 Å². The molecule has 0 aliphatic heterocycles. The molecule has 0 aliphatic rings. The quantitative estimate of drug-likeness (QED) is 0.502. The van der Waals surface area contributed by atoms with Gasteiger partial charge in [0, 0.05) is 32.6 Å². The highest BCUT2D eigenvalue weighted by molar-refractivity contribution is 5.90. The number of carbonyl (C=O) groups is 2. The fraction of sp³-hybridized carbons (Fsp3) is 0.545. The summed E-state index contributed by atoms with van der Waals surface area (Å²) in [6.07, 6.45) is -0.964. The molecule has 0 spiro atoms.